The highest BCUT2D eigenvalue weighted by atomic mass is 19.1. The van der Waals surface area contributed by atoms with Crippen molar-refractivity contribution in [3.05, 3.63) is 65.5 Å². The molecule has 0 unspecified atom stereocenters. The lowest BCUT2D eigenvalue weighted by atomic mass is 9.74. The van der Waals surface area contributed by atoms with E-state index in [0.717, 1.165) is 29.7 Å². The highest BCUT2D eigenvalue weighted by molar-refractivity contribution is 5.76. The van der Waals surface area contributed by atoms with E-state index in [1.807, 2.05) is 30.3 Å². The first-order valence-corrected chi connectivity index (χ1v) is 9.35. The minimum atomic E-state index is -0.268. The molecule has 1 heterocycles. The molecule has 5 heteroatoms. The lowest BCUT2D eigenvalue weighted by Crippen LogP contribution is -2.44. The third kappa shape index (κ3) is 5.07. The Labute approximate surface area is 159 Å². The number of carbonyl (C=O) groups is 1. The van der Waals surface area contributed by atoms with Crippen LogP contribution in [0.3, 0.4) is 0 Å². The molecule has 1 saturated heterocycles. The zero-order valence-corrected chi connectivity index (χ0v) is 15.7. The van der Waals surface area contributed by atoms with Crippen LogP contribution < -0.4 is 10.1 Å². The van der Waals surface area contributed by atoms with Gasteiger partial charge in [-0.3, -0.25) is 4.79 Å². The molecule has 2 aromatic rings. The zero-order valence-electron chi connectivity index (χ0n) is 15.7. The summed E-state index contributed by atoms with van der Waals surface area (Å²) >= 11 is 0. The van der Waals surface area contributed by atoms with Crippen molar-refractivity contribution in [2.24, 2.45) is 0 Å². The van der Waals surface area contributed by atoms with Crippen molar-refractivity contribution < 1.29 is 18.7 Å². The second kappa shape index (κ2) is 9.00. The van der Waals surface area contributed by atoms with E-state index in [1.54, 1.807) is 19.2 Å². The molecule has 1 amide bonds. The number of rotatable bonds is 7. The number of amides is 1. The van der Waals surface area contributed by atoms with Gasteiger partial charge >= 0.3 is 0 Å². The summed E-state index contributed by atoms with van der Waals surface area (Å²) in [6.07, 6.45) is 2.64. The molecule has 4 nitrogen and oxygen atoms in total. The van der Waals surface area contributed by atoms with Crippen LogP contribution in [0.2, 0.25) is 0 Å². The van der Waals surface area contributed by atoms with Crippen molar-refractivity contribution in [3.63, 3.8) is 0 Å². The fraction of sp³-hybridized carbons (Fsp3) is 0.409. The number of benzene rings is 2. The molecule has 0 saturated carbocycles. The van der Waals surface area contributed by atoms with Crippen LogP contribution in [0.1, 0.15) is 30.4 Å². The highest BCUT2D eigenvalue weighted by Gasteiger charge is 2.35. The van der Waals surface area contributed by atoms with Crippen LogP contribution >= 0.6 is 0 Å². The topological polar surface area (TPSA) is 47.6 Å². The van der Waals surface area contributed by atoms with E-state index < -0.39 is 0 Å². The van der Waals surface area contributed by atoms with Crippen LogP contribution in [0.5, 0.6) is 5.75 Å². The number of carbonyl (C=O) groups excluding carboxylic acids is 1. The molecule has 0 atom stereocenters. The van der Waals surface area contributed by atoms with Crippen LogP contribution in [0.25, 0.3) is 0 Å². The van der Waals surface area contributed by atoms with E-state index in [2.05, 4.69) is 5.32 Å². The van der Waals surface area contributed by atoms with E-state index in [-0.39, 0.29) is 17.1 Å². The summed E-state index contributed by atoms with van der Waals surface area (Å²) in [5.41, 5.74) is 1.76. The minimum absolute atomic E-state index is 0.00749. The monoisotopic (exact) mass is 371 g/mol. The molecular formula is C22H26FNO3. The number of methoxy groups -OCH3 is 1. The van der Waals surface area contributed by atoms with Gasteiger partial charge in [-0.1, -0.05) is 24.3 Å². The summed E-state index contributed by atoms with van der Waals surface area (Å²) in [6, 6.07) is 14.4. The molecule has 27 heavy (non-hydrogen) atoms. The summed E-state index contributed by atoms with van der Waals surface area (Å²) in [7, 11) is 1.63. The standard InChI is InChI=1S/C22H26FNO3/c1-26-20-8-5-17(6-9-20)7-10-21(25)24-16-22(11-13-27-14-12-22)18-3-2-4-19(23)15-18/h2-6,8-9,15H,7,10-14,16H2,1H3,(H,24,25). The van der Waals surface area contributed by atoms with Gasteiger partial charge in [-0.05, 0) is 54.7 Å². The van der Waals surface area contributed by atoms with Crippen LogP contribution in [0.15, 0.2) is 48.5 Å². The smallest absolute Gasteiger partial charge is 0.220 e. The third-order valence-electron chi connectivity index (χ3n) is 5.31. The Hall–Kier alpha value is -2.40. The number of hydrogen-bond acceptors (Lipinski definition) is 3. The zero-order chi connectivity index (χ0) is 19.1. The molecule has 1 aliphatic heterocycles. The molecule has 0 radical (unpaired) electrons. The van der Waals surface area contributed by atoms with Gasteiger partial charge in [0.25, 0.3) is 0 Å². The highest BCUT2D eigenvalue weighted by Crippen LogP contribution is 2.34. The number of halogens is 1. The van der Waals surface area contributed by atoms with Crippen molar-refractivity contribution in [2.45, 2.75) is 31.1 Å². The molecular weight excluding hydrogens is 345 g/mol. The average Bonchev–Trinajstić information content (AvgIpc) is 2.72. The maximum absolute atomic E-state index is 13.7. The van der Waals surface area contributed by atoms with Gasteiger partial charge in [-0.25, -0.2) is 4.39 Å². The van der Waals surface area contributed by atoms with Crippen LogP contribution in [0, 0.1) is 5.82 Å². The van der Waals surface area contributed by atoms with Crippen molar-refractivity contribution in [3.8, 4) is 5.75 Å². The second-order valence-corrected chi connectivity index (χ2v) is 7.03. The number of nitrogens with one attached hydrogen (secondary N) is 1. The summed E-state index contributed by atoms with van der Waals surface area (Å²) in [5, 5.41) is 3.06. The first-order chi connectivity index (χ1) is 13.1. The van der Waals surface area contributed by atoms with Crippen molar-refractivity contribution >= 4 is 5.91 Å². The molecule has 0 aliphatic carbocycles. The van der Waals surface area contributed by atoms with Gasteiger partial charge in [0.2, 0.25) is 5.91 Å². The maximum Gasteiger partial charge on any atom is 0.220 e. The van der Waals surface area contributed by atoms with Gasteiger partial charge in [0.1, 0.15) is 11.6 Å². The fourth-order valence-corrected chi connectivity index (χ4v) is 3.55. The van der Waals surface area contributed by atoms with Crippen molar-refractivity contribution in [2.75, 3.05) is 26.9 Å². The SMILES string of the molecule is COc1ccc(CCC(=O)NCC2(c3cccc(F)c3)CCOCC2)cc1. The normalized spacial score (nSPS) is 15.9. The first kappa shape index (κ1) is 19.4. The number of hydrogen-bond donors (Lipinski definition) is 1. The molecule has 0 aromatic heterocycles. The predicted molar refractivity (Wildman–Crippen MR) is 102 cm³/mol. The summed E-state index contributed by atoms with van der Waals surface area (Å²) in [5.74, 6) is 0.567. The van der Waals surface area contributed by atoms with Crippen molar-refractivity contribution in [1.82, 2.24) is 5.32 Å². The Morgan fingerprint density at radius 3 is 2.59 bits per heavy atom. The van der Waals surface area contributed by atoms with E-state index >= 15 is 0 Å². The Kier molecular flexibility index (Phi) is 6.45. The van der Waals surface area contributed by atoms with Crippen LogP contribution in [-0.2, 0) is 21.4 Å². The number of ether oxygens (including phenoxy) is 2. The number of aryl methyl sites for hydroxylation is 1. The molecule has 0 bridgehead atoms. The first-order valence-electron chi connectivity index (χ1n) is 9.35. The van der Waals surface area contributed by atoms with E-state index in [1.165, 1.54) is 6.07 Å². The van der Waals surface area contributed by atoms with E-state index in [9.17, 15) is 9.18 Å². The Balaban J connectivity index is 1.58. The molecule has 3 rings (SSSR count). The van der Waals surface area contributed by atoms with Gasteiger partial charge in [-0.2, -0.15) is 0 Å². The molecule has 144 valence electrons. The molecule has 1 fully saturated rings. The summed E-state index contributed by atoms with van der Waals surface area (Å²) < 4.78 is 24.4. The molecule has 0 spiro atoms. The molecule has 1 aliphatic rings. The average molecular weight is 371 g/mol. The quantitative estimate of drug-likeness (QED) is 0.808. The third-order valence-corrected chi connectivity index (χ3v) is 5.31. The van der Waals surface area contributed by atoms with Gasteiger partial charge in [0.15, 0.2) is 0 Å². The van der Waals surface area contributed by atoms with E-state index in [0.29, 0.717) is 32.6 Å². The van der Waals surface area contributed by atoms with Crippen LogP contribution in [-0.4, -0.2) is 32.8 Å². The summed E-state index contributed by atoms with van der Waals surface area (Å²) in [6.45, 7) is 1.75. The Bertz CT molecular complexity index is 754. The predicted octanol–water partition coefficient (Wildman–Crippen LogP) is 3.63. The van der Waals surface area contributed by atoms with Crippen molar-refractivity contribution in [1.29, 1.82) is 0 Å². The second-order valence-electron chi connectivity index (χ2n) is 7.03. The lowest BCUT2D eigenvalue weighted by Gasteiger charge is -2.38. The van der Waals surface area contributed by atoms with Crippen LogP contribution in [0.4, 0.5) is 4.39 Å². The van der Waals surface area contributed by atoms with Gasteiger partial charge < -0.3 is 14.8 Å². The fourth-order valence-electron chi connectivity index (χ4n) is 3.55. The Morgan fingerprint density at radius 2 is 1.93 bits per heavy atom. The minimum Gasteiger partial charge on any atom is -0.497 e. The Morgan fingerprint density at radius 1 is 1.19 bits per heavy atom. The van der Waals surface area contributed by atoms with Gasteiger partial charge in [0, 0.05) is 31.6 Å². The summed E-state index contributed by atoms with van der Waals surface area (Å²) in [4.78, 5) is 12.4. The lowest BCUT2D eigenvalue weighted by molar-refractivity contribution is -0.121. The van der Waals surface area contributed by atoms with E-state index in [4.69, 9.17) is 9.47 Å². The van der Waals surface area contributed by atoms with Gasteiger partial charge in [-0.15, -0.1) is 0 Å². The van der Waals surface area contributed by atoms with Gasteiger partial charge in [0.05, 0.1) is 7.11 Å². The maximum atomic E-state index is 13.7. The largest absolute Gasteiger partial charge is 0.497 e. The molecule has 1 N–H and O–H groups in total. The molecule has 2 aromatic carbocycles.